The molecule has 4 N–H and O–H groups in total. The number of aromatic amines is 1. The van der Waals surface area contributed by atoms with Crippen LogP contribution in [0.1, 0.15) is 17.5 Å². The van der Waals surface area contributed by atoms with Gasteiger partial charge in [-0.25, -0.2) is 4.98 Å². The van der Waals surface area contributed by atoms with Crippen molar-refractivity contribution in [1.82, 2.24) is 15.3 Å². The molecule has 7 heteroatoms. The predicted octanol–water partition coefficient (Wildman–Crippen LogP) is 4.45. The molecule has 1 aliphatic rings. The van der Waals surface area contributed by atoms with E-state index in [4.69, 9.17) is 10.5 Å². The number of rotatable bonds is 2. The molecule has 2 aromatic heterocycles. The Morgan fingerprint density at radius 1 is 1.06 bits per heavy atom. The number of fused-ring (bicyclic) bond motifs is 2. The first-order valence-corrected chi connectivity index (χ1v) is 10.9. The molecule has 33 heavy (non-hydrogen) atoms. The lowest BCUT2D eigenvalue weighted by atomic mass is 9.96. The van der Waals surface area contributed by atoms with E-state index in [1.165, 1.54) is 0 Å². The summed E-state index contributed by atoms with van der Waals surface area (Å²) in [4.78, 5) is 18.8. The highest BCUT2D eigenvalue weighted by molar-refractivity contribution is 5.91. The van der Waals surface area contributed by atoms with Gasteiger partial charge in [-0.15, -0.1) is 0 Å². The Morgan fingerprint density at radius 3 is 2.58 bits per heavy atom. The molecule has 2 aromatic carbocycles. The number of aromatic nitrogens is 2. The fraction of sp³-hybridized carbons (Fsp3) is 0.231. The van der Waals surface area contributed by atoms with Gasteiger partial charge in [0.2, 0.25) is 5.95 Å². The second-order valence-corrected chi connectivity index (χ2v) is 8.10. The predicted molar refractivity (Wildman–Crippen MR) is 131 cm³/mol. The van der Waals surface area contributed by atoms with Crippen molar-refractivity contribution >= 4 is 16.6 Å². The number of pyridine rings is 2. The van der Waals surface area contributed by atoms with E-state index in [9.17, 15) is 9.18 Å². The van der Waals surface area contributed by atoms with Crippen molar-refractivity contribution in [2.24, 2.45) is 0 Å². The number of H-pyrrole nitrogens is 1. The largest absolute Gasteiger partial charge is 0.493 e. The van der Waals surface area contributed by atoms with Gasteiger partial charge in [-0.2, -0.15) is 4.39 Å². The van der Waals surface area contributed by atoms with E-state index in [2.05, 4.69) is 15.3 Å². The lowest BCUT2D eigenvalue weighted by Gasteiger charge is -2.18. The lowest BCUT2D eigenvalue weighted by molar-refractivity contribution is 0.288. The number of ether oxygens (including phenoxy) is 1. The van der Waals surface area contributed by atoms with E-state index in [-0.39, 0.29) is 11.4 Å². The standard InChI is InChI=1S/C24H20FN3O2.C2H7N/c1-13-12-27-24(29)17-6-4-15(10-18(13)17)20-11-19(22(25)28-23(20)26)14-5-7-21-16(9-14)3-2-8-30-21;1-3-2/h4-7,9-12H,2-3,8H2,1H3,(H2,26,28)(H,27,29);3H,1-2H3. The summed E-state index contributed by atoms with van der Waals surface area (Å²) >= 11 is 0. The molecular weight excluding hydrogens is 419 g/mol. The molecule has 6 nitrogen and oxygen atoms in total. The van der Waals surface area contributed by atoms with Gasteiger partial charge < -0.3 is 20.8 Å². The first kappa shape index (κ1) is 22.5. The molecule has 170 valence electrons. The molecule has 0 unspecified atom stereocenters. The van der Waals surface area contributed by atoms with Crippen LogP contribution in [0.15, 0.2) is 53.5 Å². The van der Waals surface area contributed by atoms with Crippen LogP contribution in [0, 0.1) is 12.9 Å². The number of hydrogen-bond acceptors (Lipinski definition) is 5. The summed E-state index contributed by atoms with van der Waals surface area (Å²) in [5.41, 5.74) is 10.5. The highest BCUT2D eigenvalue weighted by atomic mass is 19.1. The Balaban J connectivity index is 0.000000821. The van der Waals surface area contributed by atoms with Crippen molar-refractivity contribution in [3.8, 4) is 28.0 Å². The highest BCUT2D eigenvalue weighted by Gasteiger charge is 2.17. The number of anilines is 1. The third kappa shape index (κ3) is 4.45. The van der Waals surface area contributed by atoms with Crippen molar-refractivity contribution in [3.05, 3.63) is 76.1 Å². The van der Waals surface area contributed by atoms with Crippen molar-refractivity contribution in [1.29, 1.82) is 0 Å². The fourth-order valence-electron chi connectivity index (χ4n) is 4.03. The molecule has 4 aromatic rings. The van der Waals surface area contributed by atoms with Crippen LogP contribution >= 0.6 is 0 Å². The van der Waals surface area contributed by atoms with Crippen LogP contribution in [0.4, 0.5) is 10.2 Å². The third-order valence-corrected chi connectivity index (χ3v) is 5.64. The van der Waals surface area contributed by atoms with Gasteiger partial charge in [0.15, 0.2) is 0 Å². The molecule has 5 rings (SSSR count). The maximum Gasteiger partial charge on any atom is 0.255 e. The maximum atomic E-state index is 14.8. The second-order valence-electron chi connectivity index (χ2n) is 8.10. The molecule has 0 aliphatic carbocycles. The van der Waals surface area contributed by atoms with Crippen LogP contribution in [0.25, 0.3) is 33.0 Å². The molecule has 0 atom stereocenters. The SMILES string of the molecule is CNC.Cc1c[nH]c(=O)c2ccc(-c3cc(-c4ccc5c(c4)CCCO5)c(F)nc3N)cc12. The van der Waals surface area contributed by atoms with Gasteiger partial charge in [0.05, 0.1) is 6.61 Å². The van der Waals surface area contributed by atoms with Gasteiger partial charge in [0.25, 0.3) is 5.56 Å². The molecule has 3 heterocycles. The monoisotopic (exact) mass is 446 g/mol. The Bertz CT molecular complexity index is 1380. The topological polar surface area (TPSA) is 93.0 Å². The average molecular weight is 447 g/mol. The minimum atomic E-state index is -0.610. The number of nitrogens with one attached hydrogen (secondary N) is 2. The highest BCUT2D eigenvalue weighted by Crippen LogP contribution is 2.35. The van der Waals surface area contributed by atoms with Gasteiger partial charge in [-0.05, 0) is 91.8 Å². The number of halogens is 1. The lowest BCUT2D eigenvalue weighted by Crippen LogP contribution is -2.08. The number of benzene rings is 2. The smallest absolute Gasteiger partial charge is 0.255 e. The summed E-state index contributed by atoms with van der Waals surface area (Å²) in [6.07, 6.45) is 3.53. The van der Waals surface area contributed by atoms with E-state index in [0.29, 0.717) is 23.1 Å². The summed E-state index contributed by atoms with van der Waals surface area (Å²) in [7, 11) is 3.75. The van der Waals surface area contributed by atoms with Gasteiger partial charge >= 0.3 is 0 Å². The summed E-state index contributed by atoms with van der Waals surface area (Å²) in [6.45, 7) is 2.63. The van der Waals surface area contributed by atoms with E-state index in [1.807, 2.05) is 51.4 Å². The van der Waals surface area contributed by atoms with Crippen LogP contribution < -0.4 is 21.3 Å². The van der Waals surface area contributed by atoms with Crippen molar-refractivity contribution in [2.75, 3.05) is 26.4 Å². The van der Waals surface area contributed by atoms with Gasteiger partial charge in [0.1, 0.15) is 11.6 Å². The summed E-state index contributed by atoms with van der Waals surface area (Å²) in [5.74, 6) is 0.352. The first-order valence-electron chi connectivity index (χ1n) is 10.9. The quantitative estimate of drug-likeness (QED) is 0.396. The number of nitrogen functional groups attached to an aromatic ring is 1. The Morgan fingerprint density at radius 2 is 1.79 bits per heavy atom. The zero-order valence-electron chi connectivity index (χ0n) is 19.0. The van der Waals surface area contributed by atoms with E-state index in [0.717, 1.165) is 46.2 Å². The third-order valence-electron chi connectivity index (χ3n) is 5.64. The minimum absolute atomic E-state index is 0.111. The number of aryl methyl sites for hydroxylation is 2. The summed E-state index contributed by atoms with van der Waals surface area (Å²) in [5, 5.41) is 4.18. The van der Waals surface area contributed by atoms with Crippen LogP contribution in [-0.2, 0) is 6.42 Å². The van der Waals surface area contributed by atoms with Crippen LogP contribution in [0.5, 0.6) is 5.75 Å². The number of nitrogens with two attached hydrogens (primary N) is 1. The zero-order chi connectivity index (χ0) is 23.5. The van der Waals surface area contributed by atoms with E-state index < -0.39 is 5.95 Å². The van der Waals surface area contributed by atoms with E-state index >= 15 is 0 Å². The molecule has 1 aliphatic heterocycles. The summed E-state index contributed by atoms with van der Waals surface area (Å²) in [6, 6.07) is 12.9. The van der Waals surface area contributed by atoms with Crippen LogP contribution in [0.3, 0.4) is 0 Å². The minimum Gasteiger partial charge on any atom is -0.493 e. The fourth-order valence-corrected chi connectivity index (χ4v) is 4.03. The molecule has 0 spiro atoms. The Hall–Kier alpha value is -3.71. The molecule has 0 bridgehead atoms. The van der Waals surface area contributed by atoms with Crippen molar-refractivity contribution in [3.63, 3.8) is 0 Å². The van der Waals surface area contributed by atoms with Crippen LogP contribution in [0.2, 0.25) is 0 Å². The molecule has 0 fully saturated rings. The summed E-state index contributed by atoms with van der Waals surface area (Å²) < 4.78 is 20.4. The van der Waals surface area contributed by atoms with Crippen molar-refractivity contribution < 1.29 is 9.13 Å². The molecule has 0 saturated carbocycles. The first-order chi connectivity index (χ1) is 15.9. The average Bonchev–Trinajstić information content (AvgIpc) is 2.82. The maximum absolute atomic E-state index is 14.8. The molecular formula is C26H27FN4O2. The number of hydrogen-bond donors (Lipinski definition) is 3. The molecule has 0 radical (unpaired) electrons. The van der Waals surface area contributed by atoms with Crippen LogP contribution in [-0.4, -0.2) is 30.7 Å². The van der Waals surface area contributed by atoms with Gasteiger partial charge in [0, 0.05) is 22.7 Å². The Labute approximate surface area is 191 Å². The molecule has 0 amide bonds. The molecule has 0 saturated heterocycles. The van der Waals surface area contributed by atoms with Gasteiger partial charge in [-0.3, -0.25) is 4.79 Å². The van der Waals surface area contributed by atoms with E-state index in [1.54, 1.807) is 18.3 Å². The van der Waals surface area contributed by atoms with Gasteiger partial charge in [-0.1, -0.05) is 12.1 Å². The number of nitrogens with zero attached hydrogens (tertiary/aromatic N) is 1. The second kappa shape index (κ2) is 9.42. The Kier molecular flexibility index (Phi) is 6.42. The van der Waals surface area contributed by atoms with Crippen molar-refractivity contribution in [2.45, 2.75) is 19.8 Å². The normalized spacial score (nSPS) is 12.5. The zero-order valence-corrected chi connectivity index (χ0v) is 19.0.